The number of nitrogens with one attached hydrogen (secondary N) is 1. The highest BCUT2D eigenvalue weighted by atomic mass is 16.5. The second-order valence-electron chi connectivity index (χ2n) is 4.21. The summed E-state index contributed by atoms with van der Waals surface area (Å²) < 4.78 is 4.76. The molecule has 1 aromatic heterocycles. The number of fused-ring (bicyclic) bond motifs is 2. The summed E-state index contributed by atoms with van der Waals surface area (Å²) in [4.78, 5) is 14.7. The molecule has 0 atom stereocenters. The van der Waals surface area contributed by atoms with E-state index in [0.717, 1.165) is 23.7 Å². The van der Waals surface area contributed by atoms with Gasteiger partial charge in [0.25, 0.3) is 0 Å². The van der Waals surface area contributed by atoms with E-state index in [1.807, 2.05) is 0 Å². The van der Waals surface area contributed by atoms with Gasteiger partial charge in [-0.25, -0.2) is 4.79 Å². The van der Waals surface area contributed by atoms with Crippen molar-refractivity contribution in [2.75, 3.05) is 7.11 Å². The molecule has 1 N–H and O–H groups in total. The van der Waals surface area contributed by atoms with E-state index in [4.69, 9.17) is 4.74 Å². The second kappa shape index (κ2) is 3.37. The Labute approximate surface area is 93.4 Å². The van der Waals surface area contributed by atoms with E-state index in [0.29, 0.717) is 5.56 Å². The summed E-state index contributed by atoms with van der Waals surface area (Å²) in [5, 5.41) is 0.979. The molecule has 1 heterocycles. The quantitative estimate of drug-likeness (QED) is 0.742. The number of aryl methyl sites for hydroxylation is 2. The van der Waals surface area contributed by atoms with E-state index in [1.165, 1.54) is 24.7 Å². The lowest BCUT2D eigenvalue weighted by Crippen LogP contribution is -1.99. The van der Waals surface area contributed by atoms with Crippen LogP contribution >= 0.6 is 0 Å². The van der Waals surface area contributed by atoms with Gasteiger partial charge >= 0.3 is 5.97 Å². The van der Waals surface area contributed by atoms with Crippen LogP contribution in [0.1, 0.15) is 27.9 Å². The van der Waals surface area contributed by atoms with Gasteiger partial charge in [0.2, 0.25) is 0 Å². The van der Waals surface area contributed by atoms with Crippen LogP contribution in [-0.4, -0.2) is 18.1 Å². The van der Waals surface area contributed by atoms with E-state index in [-0.39, 0.29) is 5.97 Å². The first kappa shape index (κ1) is 9.46. The fourth-order valence-electron chi connectivity index (χ4n) is 2.47. The first-order valence-electron chi connectivity index (χ1n) is 5.51. The summed E-state index contributed by atoms with van der Waals surface area (Å²) in [6.45, 7) is 0. The molecule has 0 saturated heterocycles. The molecule has 1 aliphatic carbocycles. The third kappa shape index (κ3) is 1.24. The van der Waals surface area contributed by atoms with E-state index < -0.39 is 0 Å². The number of carbonyl (C=O) groups excluding carboxylic acids is 1. The van der Waals surface area contributed by atoms with Crippen molar-refractivity contribution in [3.63, 3.8) is 0 Å². The van der Waals surface area contributed by atoms with Crippen LogP contribution in [0, 0.1) is 0 Å². The second-order valence-corrected chi connectivity index (χ2v) is 4.21. The van der Waals surface area contributed by atoms with Crippen LogP contribution in [-0.2, 0) is 17.6 Å². The summed E-state index contributed by atoms with van der Waals surface area (Å²) in [5.41, 5.74) is 4.44. The minimum atomic E-state index is -0.274. The first-order valence-corrected chi connectivity index (χ1v) is 5.51. The molecule has 0 fully saturated rings. The molecule has 3 heteroatoms. The Kier molecular flexibility index (Phi) is 1.99. The molecule has 3 rings (SSSR count). The van der Waals surface area contributed by atoms with Crippen molar-refractivity contribution in [3.8, 4) is 0 Å². The van der Waals surface area contributed by atoms with Crippen molar-refractivity contribution in [1.82, 2.24) is 4.98 Å². The number of aromatic amines is 1. The largest absolute Gasteiger partial charge is 0.465 e. The van der Waals surface area contributed by atoms with Crippen molar-refractivity contribution >= 4 is 16.9 Å². The van der Waals surface area contributed by atoms with Crippen molar-refractivity contribution in [3.05, 3.63) is 35.0 Å². The maximum absolute atomic E-state index is 11.5. The lowest BCUT2D eigenvalue weighted by atomic mass is 10.1. The van der Waals surface area contributed by atoms with Gasteiger partial charge in [0.15, 0.2) is 0 Å². The highest BCUT2D eigenvalue weighted by molar-refractivity contribution is 6.04. The average molecular weight is 215 g/mol. The van der Waals surface area contributed by atoms with Gasteiger partial charge in [-0.3, -0.25) is 0 Å². The summed E-state index contributed by atoms with van der Waals surface area (Å²) in [6.07, 6.45) is 5.22. The van der Waals surface area contributed by atoms with Crippen LogP contribution in [0.3, 0.4) is 0 Å². The minimum Gasteiger partial charge on any atom is -0.465 e. The lowest BCUT2D eigenvalue weighted by Gasteiger charge is -2.01. The van der Waals surface area contributed by atoms with Crippen LogP contribution in [0.4, 0.5) is 0 Å². The zero-order valence-corrected chi connectivity index (χ0v) is 9.17. The van der Waals surface area contributed by atoms with E-state index in [2.05, 4.69) is 17.1 Å². The number of hydrogen-bond donors (Lipinski definition) is 1. The molecule has 82 valence electrons. The summed E-state index contributed by atoms with van der Waals surface area (Å²) >= 11 is 0. The number of rotatable bonds is 1. The fraction of sp³-hybridized carbons (Fsp3) is 0.308. The van der Waals surface area contributed by atoms with Gasteiger partial charge in [0.1, 0.15) is 0 Å². The van der Waals surface area contributed by atoms with Crippen LogP contribution in [0.25, 0.3) is 10.9 Å². The number of ether oxygens (including phenoxy) is 1. The molecule has 2 aromatic rings. The molecule has 0 unspecified atom stereocenters. The smallest absolute Gasteiger partial charge is 0.340 e. The number of H-pyrrole nitrogens is 1. The number of methoxy groups -OCH3 is 1. The van der Waals surface area contributed by atoms with Crippen molar-refractivity contribution < 1.29 is 9.53 Å². The fourth-order valence-corrected chi connectivity index (χ4v) is 2.47. The van der Waals surface area contributed by atoms with Crippen LogP contribution in [0.15, 0.2) is 18.3 Å². The SMILES string of the molecule is COC(=O)c1c[nH]c2cc3c(cc12)CCC3. The molecular formula is C13H13NO2. The lowest BCUT2D eigenvalue weighted by molar-refractivity contribution is 0.0603. The van der Waals surface area contributed by atoms with Gasteiger partial charge in [-0.2, -0.15) is 0 Å². The van der Waals surface area contributed by atoms with Crippen molar-refractivity contribution in [1.29, 1.82) is 0 Å². The molecule has 1 aliphatic rings. The Hall–Kier alpha value is -1.77. The Morgan fingerprint density at radius 3 is 2.81 bits per heavy atom. The monoisotopic (exact) mass is 215 g/mol. The standard InChI is InChI=1S/C13H13NO2/c1-16-13(15)11-7-14-12-6-9-4-2-3-8(9)5-10(11)12/h5-7,14H,2-4H2,1H3. The summed E-state index contributed by atoms with van der Waals surface area (Å²) in [7, 11) is 1.41. The van der Waals surface area contributed by atoms with Gasteiger partial charge in [-0.15, -0.1) is 0 Å². The van der Waals surface area contributed by atoms with Gasteiger partial charge in [0.05, 0.1) is 12.7 Å². The minimum absolute atomic E-state index is 0.274. The Morgan fingerprint density at radius 1 is 1.31 bits per heavy atom. The maximum Gasteiger partial charge on any atom is 0.340 e. The summed E-state index contributed by atoms with van der Waals surface area (Å²) in [5.74, 6) is -0.274. The van der Waals surface area contributed by atoms with Crippen LogP contribution < -0.4 is 0 Å². The predicted molar refractivity (Wildman–Crippen MR) is 61.7 cm³/mol. The van der Waals surface area contributed by atoms with E-state index in [1.54, 1.807) is 6.20 Å². The average Bonchev–Trinajstić information content (AvgIpc) is 2.90. The number of hydrogen-bond acceptors (Lipinski definition) is 2. The predicted octanol–water partition coefficient (Wildman–Crippen LogP) is 2.44. The third-order valence-electron chi connectivity index (χ3n) is 3.30. The van der Waals surface area contributed by atoms with Crippen molar-refractivity contribution in [2.24, 2.45) is 0 Å². The molecule has 0 bridgehead atoms. The normalized spacial score (nSPS) is 14.1. The summed E-state index contributed by atoms with van der Waals surface area (Å²) in [6, 6.07) is 4.28. The van der Waals surface area contributed by atoms with Crippen LogP contribution in [0.5, 0.6) is 0 Å². The molecule has 0 amide bonds. The number of esters is 1. The topological polar surface area (TPSA) is 42.1 Å². The zero-order valence-electron chi connectivity index (χ0n) is 9.17. The highest BCUT2D eigenvalue weighted by Gasteiger charge is 2.17. The molecule has 3 nitrogen and oxygen atoms in total. The van der Waals surface area contributed by atoms with Gasteiger partial charge in [0, 0.05) is 17.1 Å². The van der Waals surface area contributed by atoms with E-state index >= 15 is 0 Å². The molecular weight excluding hydrogens is 202 g/mol. The van der Waals surface area contributed by atoms with Gasteiger partial charge in [-0.1, -0.05) is 0 Å². The third-order valence-corrected chi connectivity index (χ3v) is 3.30. The molecule has 0 radical (unpaired) electrons. The molecule has 16 heavy (non-hydrogen) atoms. The molecule has 0 aliphatic heterocycles. The van der Waals surface area contributed by atoms with Gasteiger partial charge < -0.3 is 9.72 Å². The zero-order chi connectivity index (χ0) is 11.1. The van der Waals surface area contributed by atoms with E-state index in [9.17, 15) is 4.79 Å². The Balaban J connectivity index is 2.23. The van der Waals surface area contributed by atoms with Crippen molar-refractivity contribution in [2.45, 2.75) is 19.3 Å². The highest BCUT2D eigenvalue weighted by Crippen LogP contribution is 2.29. The van der Waals surface area contributed by atoms with Crippen LogP contribution in [0.2, 0.25) is 0 Å². The molecule has 1 aromatic carbocycles. The number of aromatic nitrogens is 1. The first-order chi connectivity index (χ1) is 7.79. The van der Waals surface area contributed by atoms with Gasteiger partial charge in [-0.05, 0) is 42.5 Å². The molecule has 0 spiro atoms. The number of carbonyl (C=O) groups is 1. The number of benzene rings is 1. The maximum atomic E-state index is 11.5. The molecule has 0 saturated carbocycles. The Bertz CT molecular complexity index is 569. The Morgan fingerprint density at radius 2 is 2.06 bits per heavy atom.